The molecule has 0 bridgehead atoms. The molecule has 0 aliphatic carbocycles. The predicted octanol–water partition coefficient (Wildman–Crippen LogP) is 1.74. The van der Waals surface area contributed by atoms with Gasteiger partial charge in [-0.3, -0.25) is 19.0 Å². The van der Waals surface area contributed by atoms with Crippen molar-refractivity contribution >= 4 is 61.6 Å². The Hall–Kier alpha value is -3.19. The maximum Gasteiger partial charge on any atom is 0.261 e. The molecule has 2 amide bonds. The number of hydrogen-bond acceptors (Lipinski definition) is 7. The van der Waals surface area contributed by atoms with Crippen LogP contribution in [0.3, 0.4) is 0 Å². The number of piperazine rings is 1. The molecule has 2 heterocycles. The summed E-state index contributed by atoms with van der Waals surface area (Å²) < 4.78 is 23.4. The lowest BCUT2D eigenvalue weighted by atomic mass is 10.1. The maximum absolute atomic E-state index is 13.2. The SMILES string of the molecule is NS(=O)(=O)CCCC(=O)N1CCN(c2ccc3ncn(CC(=O)NCc4ccc(Cl)c(Cl)c4)c(=O)c3c2)CC1. The van der Waals surface area contributed by atoms with Gasteiger partial charge in [-0.15, -0.1) is 0 Å². The van der Waals surface area contributed by atoms with Crippen LogP contribution >= 0.6 is 23.2 Å². The smallest absolute Gasteiger partial charge is 0.261 e. The molecule has 3 aromatic rings. The van der Waals surface area contributed by atoms with E-state index in [0.29, 0.717) is 47.1 Å². The zero-order valence-electron chi connectivity index (χ0n) is 21.0. The minimum Gasteiger partial charge on any atom is -0.368 e. The third-order valence-electron chi connectivity index (χ3n) is 6.41. The van der Waals surface area contributed by atoms with E-state index in [1.807, 2.05) is 6.07 Å². The van der Waals surface area contributed by atoms with Gasteiger partial charge in [0.1, 0.15) is 6.54 Å². The number of sulfonamides is 1. The summed E-state index contributed by atoms with van der Waals surface area (Å²) in [5, 5.41) is 8.95. The highest BCUT2D eigenvalue weighted by atomic mass is 35.5. The Morgan fingerprint density at radius 3 is 2.46 bits per heavy atom. The number of fused-ring (bicyclic) bond motifs is 1. The number of amides is 2. The first kappa shape index (κ1) is 28.8. The maximum atomic E-state index is 13.2. The predicted molar refractivity (Wildman–Crippen MR) is 150 cm³/mol. The van der Waals surface area contributed by atoms with Gasteiger partial charge in [0.2, 0.25) is 21.8 Å². The largest absolute Gasteiger partial charge is 0.368 e. The van der Waals surface area contributed by atoms with Gasteiger partial charge < -0.3 is 15.1 Å². The van der Waals surface area contributed by atoms with Crippen LogP contribution in [0.1, 0.15) is 18.4 Å². The number of carbonyl (C=O) groups is 2. The van der Waals surface area contributed by atoms with E-state index in [1.165, 1.54) is 10.9 Å². The van der Waals surface area contributed by atoms with Crippen molar-refractivity contribution in [1.29, 1.82) is 0 Å². The molecule has 1 aromatic heterocycles. The summed E-state index contributed by atoms with van der Waals surface area (Å²) in [4.78, 5) is 46.2. The van der Waals surface area contributed by atoms with Crippen LogP contribution in [0.4, 0.5) is 5.69 Å². The average molecular weight is 596 g/mol. The van der Waals surface area contributed by atoms with E-state index in [4.69, 9.17) is 28.3 Å². The summed E-state index contributed by atoms with van der Waals surface area (Å²) in [7, 11) is -3.59. The molecule has 0 unspecified atom stereocenters. The second-order valence-electron chi connectivity index (χ2n) is 9.24. The van der Waals surface area contributed by atoms with Gasteiger partial charge in [-0.2, -0.15) is 0 Å². The van der Waals surface area contributed by atoms with Crippen LogP contribution in [0.25, 0.3) is 10.9 Å². The molecule has 2 aromatic carbocycles. The van der Waals surface area contributed by atoms with Crippen molar-refractivity contribution in [1.82, 2.24) is 19.8 Å². The highest BCUT2D eigenvalue weighted by Gasteiger charge is 2.22. The molecule has 0 radical (unpaired) electrons. The van der Waals surface area contributed by atoms with Crippen LogP contribution in [0.2, 0.25) is 10.0 Å². The van der Waals surface area contributed by atoms with Crippen LogP contribution in [0, 0.1) is 0 Å². The first-order valence-corrected chi connectivity index (χ1v) is 14.7. The Morgan fingerprint density at radius 2 is 1.77 bits per heavy atom. The van der Waals surface area contributed by atoms with Gasteiger partial charge in [-0.05, 0) is 42.3 Å². The number of halogens is 2. The minimum absolute atomic E-state index is 0.110. The number of hydrogen-bond donors (Lipinski definition) is 2. The molecule has 3 N–H and O–H groups in total. The summed E-state index contributed by atoms with van der Waals surface area (Å²) in [6.45, 7) is 2.09. The number of nitrogens with two attached hydrogens (primary N) is 1. The van der Waals surface area contributed by atoms with E-state index in [2.05, 4.69) is 15.2 Å². The van der Waals surface area contributed by atoms with Gasteiger partial charge >= 0.3 is 0 Å². The molecule has 1 aliphatic heterocycles. The van der Waals surface area contributed by atoms with Gasteiger partial charge in [0.15, 0.2) is 0 Å². The van der Waals surface area contributed by atoms with E-state index >= 15 is 0 Å². The zero-order chi connectivity index (χ0) is 28.2. The number of nitrogens with zero attached hydrogens (tertiary/aromatic N) is 4. The van der Waals surface area contributed by atoms with E-state index in [-0.39, 0.29) is 49.1 Å². The van der Waals surface area contributed by atoms with Crippen molar-refractivity contribution in [2.24, 2.45) is 5.14 Å². The molecule has 1 saturated heterocycles. The van der Waals surface area contributed by atoms with Gasteiger partial charge in [0.05, 0.1) is 33.0 Å². The van der Waals surface area contributed by atoms with Crippen LogP contribution in [-0.2, 0) is 32.7 Å². The highest BCUT2D eigenvalue weighted by Crippen LogP contribution is 2.23. The topological polar surface area (TPSA) is 148 Å². The monoisotopic (exact) mass is 594 g/mol. The number of aromatic nitrogens is 2. The first-order valence-electron chi connectivity index (χ1n) is 12.2. The summed E-state index contributed by atoms with van der Waals surface area (Å²) in [5.74, 6) is -0.688. The van der Waals surface area contributed by atoms with Crippen LogP contribution in [-0.4, -0.2) is 66.6 Å². The molecular weight excluding hydrogens is 567 g/mol. The average Bonchev–Trinajstić information content (AvgIpc) is 2.90. The number of carbonyl (C=O) groups excluding carboxylic acids is 2. The second kappa shape index (κ2) is 12.3. The van der Waals surface area contributed by atoms with E-state index in [1.54, 1.807) is 35.2 Å². The quantitative estimate of drug-likeness (QED) is 0.383. The molecular formula is C25H28Cl2N6O5S. The fourth-order valence-electron chi connectivity index (χ4n) is 4.31. The first-order chi connectivity index (χ1) is 18.5. The fourth-order valence-corrected chi connectivity index (χ4v) is 5.18. The Labute approximate surface area is 235 Å². The van der Waals surface area contributed by atoms with Crippen LogP contribution in [0.5, 0.6) is 0 Å². The minimum atomic E-state index is -3.59. The van der Waals surface area contributed by atoms with E-state index in [0.717, 1.165) is 11.3 Å². The number of benzene rings is 2. The number of primary sulfonamides is 1. The normalized spacial score (nSPS) is 14.0. The lowest BCUT2D eigenvalue weighted by molar-refractivity contribution is -0.131. The van der Waals surface area contributed by atoms with Crippen molar-refractivity contribution in [3.63, 3.8) is 0 Å². The lowest BCUT2D eigenvalue weighted by Crippen LogP contribution is -2.48. The molecule has 14 heteroatoms. The van der Waals surface area contributed by atoms with Gasteiger partial charge in [0, 0.05) is 44.8 Å². The van der Waals surface area contributed by atoms with E-state index < -0.39 is 10.0 Å². The molecule has 208 valence electrons. The standard InChI is InChI=1S/C25H28Cl2N6O5S/c26-20-5-3-17(12-21(20)27)14-29-23(34)15-33-16-30-22-6-4-18(13-19(22)25(33)36)31-7-9-32(10-8-31)24(35)2-1-11-39(28,37)38/h3-6,12-13,16H,1-2,7-11,14-15H2,(H,29,34)(H2,28,37,38). The number of anilines is 1. The number of rotatable bonds is 9. The third-order valence-corrected chi connectivity index (χ3v) is 8.01. The van der Waals surface area contributed by atoms with Crippen LogP contribution in [0.15, 0.2) is 47.5 Å². The van der Waals surface area contributed by atoms with Crippen molar-refractivity contribution in [3.05, 3.63) is 68.7 Å². The third kappa shape index (κ3) is 7.69. The molecule has 0 atom stereocenters. The van der Waals surface area contributed by atoms with Crippen molar-refractivity contribution in [3.8, 4) is 0 Å². The van der Waals surface area contributed by atoms with Crippen LogP contribution < -0.4 is 20.9 Å². The molecule has 1 fully saturated rings. The molecule has 0 spiro atoms. The molecule has 4 rings (SSSR count). The Kier molecular flexibility index (Phi) is 9.11. The number of nitrogens with one attached hydrogen (secondary N) is 1. The summed E-state index contributed by atoms with van der Waals surface area (Å²) in [6.07, 6.45) is 1.66. The molecule has 1 aliphatic rings. The van der Waals surface area contributed by atoms with Crippen molar-refractivity contribution in [2.75, 3.05) is 36.8 Å². The van der Waals surface area contributed by atoms with Crippen molar-refractivity contribution in [2.45, 2.75) is 25.9 Å². The Morgan fingerprint density at radius 1 is 1.03 bits per heavy atom. The van der Waals surface area contributed by atoms with Gasteiger partial charge in [0.25, 0.3) is 5.56 Å². The molecule has 11 nitrogen and oxygen atoms in total. The zero-order valence-corrected chi connectivity index (χ0v) is 23.3. The van der Waals surface area contributed by atoms with Gasteiger partial charge in [-0.1, -0.05) is 29.3 Å². The summed E-state index contributed by atoms with van der Waals surface area (Å²) >= 11 is 11.9. The molecule has 39 heavy (non-hydrogen) atoms. The summed E-state index contributed by atoms with van der Waals surface area (Å²) in [6, 6.07) is 10.4. The van der Waals surface area contributed by atoms with E-state index in [9.17, 15) is 22.8 Å². The molecule has 0 saturated carbocycles. The highest BCUT2D eigenvalue weighted by molar-refractivity contribution is 7.89. The fraction of sp³-hybridized carbons (Fsp3) is 0.360. The van der Waals surface area contributed by atoms with Crippen molar-refractivity contribution < 1.29 is 18.0 Å². The Balaban J connectivity index is 1.37. The second-order valence-corrected chi connectivity index (χ2v) is 11.8. The lowest BCUT2D eigenvalue weighted by Gasteiger charge is -2.36. The summed E-state index contributed by atoms with van der Waals surface area (Å²) in [5.41, 5.74) is 1.76. The Bertz CT molecular complexity index is 1550. The van der Waals surface area contributed by atoms with Gasteiger partial charge in [-0.25, -0.2) is 18.5 Å².